The number of carbonyl (C=O) groups is 2. The fraction of sp³-hybridized carbons (Fsp3) is 0.391. The van der Waals surface area contributed by atoms with Crippen molar-refractivity contribution in [3.05, 3.63) is 59.1 Å². The van der Waals surface area contributed by atoms with Gasteiger partial charge in [0, 0.05) is 18.1 Å². The summed E-state index contributed by atoms with van der Waals surface area (Å²) >= 11 is 6.31. The molecule has 180 valence electrons. The molecule has 2 aromatic carbocycles. The standard InChI is InChI=1S/C23H30ClN3O5S/c1-5-21(23(29)25-6-2)26(15-17-9-7-8-10-20(17)24)22(28)16-27(33(4,30)31)18-11-13-19(32-3)14-12-18/h7-14,21H,5-6,15-16H2,1-4H3,(H,25,29). The summed E-state index contributed by atoms with van der Waals surface area (Å²) < 4.78 is 31.3. The summed E-state index contributed by atoms with van der Waals surface area (Å²) in [7, 11) is -2.29. The van der Waals surface area contributed by atoms with Gasteiger partial charge >= 0.3 is 0 Å². The van der Waals surface area contributed by atoms with Gasteiger partial charge in [-0.15, -0.1) is 0 Å². The maximum atomic E-state index is 13.5. The SMILES string of the molecule is CCNC(=O)C(CC)N(Cc1ccccc1Cl)C(=O)CN(c1ccc(OC)cc1)S(C)(=O)=O. The van der Waals surface area contributed by atoms with Crippen molar-refractivity contribution in [3.8, 4) is 5.75 Å². The third-order valence-corrected chi connectivity index (χ3v) is 6.58. The van der Waals surface area contributed by atoms with Gasteiger partial charge in [0.25, 0.3) is 0 Å². The summed E-state index contributed by atoms with van der Waals surface area (Å²) in [5, 5.41) is 3.20. The number of methoxy groups -OCH3 is 1. The lowest BCUT2D eigenvalue weighted by molar-refractivity contribution is -0.140. The summed E-state index contributed by atoms with van der Waals surface area (Å²) in [6.45, 7) is 3.59. The maximum absolute atomic E-state index is 13.5. The van der Waals surface area contributed by atoms with E-state index in [-0.39, 0.29) is 12.5 Å². The molecule has 0 saturated heterocycles. The van der Waals surface area contributed by atoms with Crippen molar-refractivity contribution < 1.29 is 22.7 Å². The van der Waals surface area contributed by atoms with Gasteiger partial charge in [-0.2, -0.15) is 0 Å². The molecule has 0 aromatic heterocycles. The predicted octanol–water partition coefficient (Wildman–Crippen LogP) is 3.06. The molecule has 0 bridgehead atoms. The molecule has 2 amide bonds. The highest BCUT2D eigenvalue weighted by atomic mass is 35.5. The number of halogens is 1. The van der Waals surface area contributed by atoms with Gasteiger partial charge in [-0.1, -0.05) is 36.7 Å². The van der Waals surface area contributed by atoms with E-state index in [4.69, 9.17) is 16.3 Å². The Balaban J connectivity index is 2.43. The maximum Gasteiger partial charge on any atom is 0.244 e. The van der Waals surface area contributed by atoms with Gasteiger partial charge in [-0.3, -0.25) is 13.9 Å². The minimum atomic E-state index is -3.79. The molecule has 0 aliphatic rings. The summed E-state index contributed by atoms with van der Waals surface area (Å²) in [6.07, 6.45) is 1.38. The second kappa shape index (κ2) is 11.9. The average Bonchev–Trinajstić information content (AvgIpc) is 2.78. The quantitative estimate of drug-likeness (QED) is 0.517. The molecule has 1 atom stereocenters. The van der Waals surface area contributed by atoms with E-state index in [9.17, 15) is 18.0 Å². The number of hydrogen-bond acceptors (Lipinski definition) is 5. The molecule has 0 saturated carbocycles. The first-order valence-electron chi connectivity index (χ1n) is 10.5. The number of ether oxygens (including phenoxy) is 1. The molecule has 33 heavy (non-hydrogen) atoms. The van der Waals surface area contributed by atoms with Crippen LogP contribution < -0.4 is 14.4 Å². The molecular weight excluding hydrogens is 466 g/mol. The number of amides is 2. The Kier molecular flexibility index (Phi) is 9.55. The van der Waals surface area contributed by atoms with E-state index < -0.39 is 28.5 Å². The largest absolute Gasteiger partial charge is 0.497 e. The second-order valence-electron chi connectivity index (χ2n) is 7.40. The van der Waals surface area contributed by atoms with Crippen LogP contribution in [0.5, 0.6) is 5.75 Å². The van der Waals surface area contributed by atoms with Crippen LogP contribution in [0.25, 0.3) is 0 Å². The molecule has 2 aromatic rings. The lowest BCUT2D eigenvalue weighted by atomic mass is 10.1. The molecule has 10 heteroatoms. The lowest BCUT2D eigenvalue weighted by Gasteiger charge is -2.33. The van der Waals surface area contributed by atoms with Crippen LogP contribution in [0.15, 0.2) is 48.5 Å². The molecular formula is C23H30ClN3O5S. The Morgan fingerprint density at radius 2 is 1.73 bits per heavy atom. The highest BCUT2D eigenvalue weighted by Crippen LogP contribution is 2.24. The first-order chi connectivity index (χ1) is 15.6. The minimum Gasteiger partial charge on any atom is -0.497 e. The van der Waals surface area contributed by atoms with Gasteiger partial charge in [0.05, 0.1) is 19.1 Å². The number of sulfonamides is 1. The van der Waals surface area contributed by atoms with Crippen LogP contribution in [0.4, 0.5) is 5.69 Å². The highest BCUT2D eigenvalue weighted by Gasteiger charge is 2.31. The van der Waals surface area contributed by atoms with E-state index in [0.29, 0.717) is 35.0 Å². The van der Waals surface area contributed by atoms with Crippen molar-refractivity contribution in [1.29, 1.82) is 0 Å². The summed E-state index contributed by atoms with van der Waals surface area (Å²) in [5.41, 5.74) is 0.973. The zero-order chi connectivity index (χ0) is 24.6. The van der Waals surface area contributed by atoms with E-state index in [2.05, 4.69) is 5.32 Å². The summed E-state index contributed by atoms with van der Waals surface area (Å²) in [5.74, 6) is -0.272. The van der Waals surface area contributed by atoms with Crippen molar-refractivity contribution in [2.24, 2.45) is 0 Å². The van der Waals surface area contributed by atoms with Crippen molar-refractivity contribution in [3.63, 3.8) is 0 Å². The van der Waals surface area contributed by atoms with Crippen LogP contribution in [-0.2, 0) is 26.2 Å². The number of nitrogens with one attached hydrogen (secondary N) is 1. The third kappa shape index (κ3) is 7.10. The molecule has 0 radical (unpaired) electrons. The molecule has 0 heterocycles. The van der Waals surface area contributed by atoms with Gasteiger partial charge in [0.15, 0.2) is 0 Å². The topological polar surface area (TPSA) is 96.0 Å². The summed E-state index contributed by atoms with van der Waals surface area (Å²) in [6, 6.07) is 12.6. The number of hydrogen-bond donors (Lipinski definition) is 1. The number of benzene rings is 2. The van der Waals surface area contributed by atoms with E-state index in [1.54, 1.807) is 62.4 Å². The average molecular weight is 496 g/mol. The second-order valence-corrected chi connectivity index (χ2v) is 9.71. The Bertz CT molecular complexity index is 1060. The molecule has 0 aliphatic heterocycles. The van der Waals surface area contributed by atoms with Crippen molar-refractivity contribution in [2.75, 3.05) is 30.8 Å². The Morgan fingerprint density at radius 1 is 1.09 bits per heavy atom. The molecule has 0 spiro atoms. The number of likely N-dealkylation sites (N-methyl/N-ethyl adjacent to an activating group) is 1. The Morgan fingerprint density at radius 3 is 2.24 bits per heavy atom. The van der Waals surface area contributed by atoms with Gasteiger partial charge in [-0.05, 0) is 49.2 Å². The zero-order valence-corrected chi connectivity index (χ0v) is 20.8. The summed E-state index contributed by atoms with van der Waals surface area (Å²) in [4.78, 5) is 27.6. The van der Waals surface area contributed by atoms with Crippen molar-refractivity contribution in [1.82, 2.24) is 10.2 Å². The first kappa shape index (κ1) is 26.5. The number of nitrogens with zero attached hydrogens (tertiary/aromatic N) is 2. The molecule has 8 nitrogen and oxygen atoms in total. The fourth-order valence-electron chi connectivity index (χ4n) is 3.38. The van der Waals surface area contributed by atoms with E-state index in [0.717, 1.165) is 10.6 Å². The van der Waals surface area contributed by atoms with Crippen LogP contribution in [-0.4, -0.2) is 57.6 Å². The lowest BCUT2D eigenvalue weighted by Crippen LogP contribution is -2.52. The fourth-order valence-corrected chi connectivity index (χ4v) is 4.43. The van der Waals surface area contributed by atoms with Crippen LogP contribution >= 0.6 is 11.6 Å². The third-order valence-electron chi connectivity index (χ3n) is 5.08. The van der Waals surface area contributed by atoms with Crippen molar-refractivity contribution in [2.45, 2.75) is 32.9 Å². The highest BCUT2D eigenvalue weighted by molar-refractivity contribution is 7.92. The number of rotatable bonds is 11. The normalized spacial score (nSPS) is 12.0. The van der Waals surface area contributed by atoms with Crippen LogP contribution in [0.3, 0.4) is 0 Å². The minimum absolute atomic E-state index is 0.0639. The Hall–Kier alpha value is -2.78. The van der Waals surface area contributed by atoms with E-state index in [1.165, 1.54) is 12.0 Å². The van der Waals surface area contributed by atoms with Crippen molar-refractivity contribution >= 4 is 39.1 Å². The predicted molar refractivity (Wildman–Crippen MR) is 130 cm³/mol. The van der Waals surface area contributed by atoms with Crippen LogP contribution in [0, 0.1) is 0 Å². The molecule has 2 rings (SSSR count). The molecule has 0 fully saturated rings. The molecule has 0 aliphatic carbocycles. The van der Waals surface area contributed by atoms with E-state index >= 15 is 0 Å². The van der Waals surface area contributed by atoms with Gasteiger partial charge in [-0.25, -0.2) is 8.42 Å². The number of carbonyl (C=O) groups excluding carboxylic acids is 2. The zero-order valence-electron chi connectivity index (χ0n) is 19.2. The Labute approximate surface area is 200 Å². The smallest absolute Gasteiger partial charge is 0.244 e. The number of anilines is 1. The molecule has 1 unspecified atom stereocenters. The van der Waals surface area contributed by atoms with Gasteiger partial charge in [0.1, 0.15) is 18.3 Å². The first-order valence-corrected chi connectivity index (χ1v) is 12.8. The monoisotopic (exact) mass is 495 g/mol. The molecule has 1 N–H and O–H groups in total. The van der Waals surface area contributed by atoms with Gasteiger partial charge < -0.3 is 15.0 Å². The van der Waals surface area contributed by atoms with E-state index in [1.807, 2.05) is 0 Å². The van der Waals surface area contributed by atoms with Gasteiger partial charge in [0.2, 0.25) is 21.8 Å². The van der Waals surface area contributed by atoms with Crippen LogP contribution in [0.2, 0.25) is 5.02 Å². The van der Waals surface area contributed by atoms with Crippen LogP contribution in [0.1, 0.15) is 25.8 Å².